The summed E-state index contributed by atoms with van der Waals surface area (Å²) in [6.07, 6.45) is 8.86. The van der Waals surface area contributed by atoms with Crippen molar-refractivity contribution >= 4 is 22.8 Å². The fourth-order valence-corrected chi connectivity index (χ4v) is 5.51. The summed E-state index contributed by atoms with van der Waals surface area (Å²) < 4.78 is 13.3. The fraction of sp³-hybridized carbons (Fsp3) is 0.355. The minimum absolute atomic E-state index is 0.0170. The first kappa shape index (κ1) is 26.9. The molecule has 2 aromatic heterocycles. The van der Waals surface area contributed by atoms with Crippen LogP contribution in [0.1, 0.15) is 31.7 Å². The molecule has 0 aliphatic carbocycles. The zero-order chi connectivity index (χ0) is 28.0. The van der Waals surface area contributed by atoms with Crippen molar-refractivity contribution in [2.75, 3.05) is 38.6 Å². The zero-order valence-electron chi connectivity index (χ0n) is 23.0. The Balaban J connectivity index is 1.18. The second-order valence-electron chi connectivity index (χ2n) is 10.5. The largest absolute Gasteiger partial charge is 0.457 e. The van der Waals surface area contributed by atoms with Crippen LogP contribution in [-0.4, -0.2) is 69.4 Å². The maximum Gasteiger partial charge on any atom is 0.246 e. The van der Waals surface area contributed by atoms with Gasteiger partial charge in [-0.05, 0) is 62.1 Å². The summed E-state index contributed by atoms with van der Waals surface area (Å²) in [6.45, 7) is 3.54. The predicted molar refractivity (Wildman–Crippen MR) is 158 cm³/mol. The number of anilines is 1. The maximum atomic E-state index is 13.0. The zero-order valence-corrected chi connectivity index (χ0v) is 23.0. The van der Waals surface area contributed by atoms with Gasteiger partial charge in [0.15, 0.2) is 5.65 Å². The van der Waals surface area contributed by atoms with Crippen molar-refractivity contribution in [2.24, 2.45) is 0 Å². The number of amides is 1. The van der Waals surface area contributed by atoms with Gasteiger partial charge in [-0.2, -0.15) is 5.10 Å². The molecule has 0 saturated carbocycles. The van der Waals surface area contributed by atoms with Gasteiger partial charge in [0.05, 0.1) is 11.4 Å². The van der Waals surface area contributed by atoms with E-state index in [0.717, 1.165) is 62.5 Å². The van der Waals surface area contributed by atoms with Crippen LogP contribution in [0.15, 0.2) is 73.1 Å². The third-order valence-corrected chi connectivity index (χ3v) is 7.68. The summed E-state index contributed by atoms with van der Waals surface area (Å²) >= 11 is 0. The van der Waals surface area contributed by atoms with E-state index in [1.165, 1.54) is 6.33 Å². The van der Waals surface area contributed by atoms with Crippen LogP contribution < -0.4 is 15.8 Å². The molecule has 6 rings (SSSR count). The summed E-state index contributed by atoms with van der Waals surface area (Å²) in [5, 5.41) is 9.20. The summed E-state index contributed by atoms with van der Waals surface area (Å²) in [4.78, 5) is 23.7. The minimum atomic E-state index is -0.0206. The van der Waals surface area contributed by atoms with Gasteiger partial charge in [0.1, 0.15) is 29.3 Å². The monoisotopic (exact) mass is 553 g/mol. The van der Waals surface area contributed by atoms with E-state index in [1.54, 1.807) is 6.08 Å². The van der Waals surface area contributed by atoms with E-state index >= 15 is 0 Å². The van der Waals surface area contributed by atoms with Crippen LogP contribution in [0.5, 0.6) is 11.5 Å². The molecule has 2 fully saturated rings. The number of carbonyl (C=O) groups excluding carboxylic acids is 1. The molecule has 2 aliphatic rings. The van der Waals surface area contributed by atoms with Crippen molar-refractivity contribution in [3.8, 4) is 22.8 Å². The van der Waals surface area contributed by atoms with Crippen LogP contribution in [0, 0.1) is 0 Å². The molecule has 2 aromatic carbocycles. The molecule has 2 saturated heterocycles. The normalized spacial score (nSPS) is 18.2. The number of fused-ring (bicyclic) bond motifs is 1. The lowest BCUT2D eigenvalue weighted by atomic mass is 10.1. The highest BCUT2D eigenvalue weighted by Crippen LogP contribution is 2.35. The summed E-state index contributed by atoms with van der Waals surface area (Å²) in [5.74, 6) is 1.90. The number of nitrogens with two attached hydrogens (primary N) is 1. The number of hydrogen-bond acceptors (Lipinski definition) is 8. The lowest BCUT2D eigenvalue weighted by Gasteiger charge is -2.32. The molecule has 1 atom stereocenters. The summed E-state index contributed by atoms with van der Waals surface area (Å²) in [6, 6.07) is 17.8. The van der Waals surface area contributed by atoms with Gasteiger partial charge in [-0.15, -0.1) is 0 Å². The van der Waals surface area contributed by atoms with Crippen molar-refractivity contribution in [3.05, 3.63) is 73.1 Å². The summed E-state index contributed by atoms with van der Waals surface area (Å²) in [7, 11) is 0. The fourth-order valence-electron chi connectivity index (χ4n) is 5.51. The molecular formula is C31H35N7O3. The molecule has 41 heavy (non-hydrogen) atoms. The molecule has 0 radical (unpaired) electrons. The molecule has 4 heterocycles. The molecule has 10 nitrogen and oxygen atoms in total. The van der Waals surface area contributed by atoms with Gasteiger partial charge in [-0.25, -0.2) is 14.6 Å². The van der Waals surface area contributed by atoms with E-state index in [1.807, 2.05) is 70.3 Å². The SMILES string of the molecule is Nc1ncnc2c1c(-c1ccc(Oc3ccccc3)cc1)nn2[C@@H]1CCCN(C(=O)/C=C/CNC2CCOCC2)C1. The van der Waals surface area contributed by atoms with Gasteiger partial charge in [0, 0.05) is 50.5 Å². The number of rotatable bonds is 8. The molecule has 4 aromatic rings. The second-order valence-corrected chi connectivity index (χ2v) is 10.5. The number of carbonyl (C=O) groups is 1. The summed E-state index contributed by atoms with van der Waals surface area (Å²) in [5.41, 5.74) is 8.63. The molecule has 0 bridgehead atoms. The third kappa shape index (κ3) is 6.23. The average molecular weight is 554 g/mol. The Kier molecular flexibility index (Phi) is 8.20. The van der Waals surface area contributed by atoms with Gasteiger partial charge < -0.3 is 25.4 Å². The highest BCUT2D eigenvalue weighted by Gasteiger charge is 2.28. The van der Waals surface area contributed by atoms with Crippen molar-refractivity contribution in [2.45, 2.75) is 37.8 Å². The van der Waals surface area contributed by atoms with Crippen LogP contribution in [0.2, 0.25) is 0 Å². The number of nitrogens with one attached hydrogen (secondary N) is 1. The molecule has 0 spiro atoms. The number of ether oxygens (including phenoxy) is 2. The van der Waals surface area contributed by atoms with E-state index in [0.29, 0.717) is 41.7 Å². The number of para-hydroxylation sites is 1. The van der Waals surface area contributed by atoms with E-state index in [9.17, 15) is 4.79 Å². The number of hydrogen-bond donors (Lipinski definition) is 2. The lowest BCUT2D eigenvalue weighted by Crippen LogP contribution is -2.40. The Bertz CT molecular complexity index is 1500. The number of benzene rings is 2. The van der Waals surface area contributed by atoms with Crippen molar-refractivity contribution in [1.29, 1.82) is 0 Å². The van der Waals surface area contributed by atoms with Gasteiger partial charge in [0.2, 0.25) is 5.91 Å². The third-order valence-electron chi connectivity index (χ3n) is 7.68. The van der Waals surface area contributed by atoms with Crippen LogP contribution >= 0.6 is 0 Å². The first-order valence-electron chi connectivity index (χ1n) is 14.2. The maximum absolute atomic E-state index is 13.0. The number of piperidine rings is 1. The Morgan fingerprint density at radius 2 is 1.83 bits per heavy atom. The van der Waals surface area contributed by atoms with E-state index in [2.05, 4.69) is 15.3 Å². The van der Waals surface area contributed by atoms with Crippen molar-refractivity contribution in [3.63, 3.8) is 0 Å². The Labute approximate surface area is 239 Å². The van der Waals surface area contributed by atoms with Crippen molar-refractivity contribution < 1.29 is 14.3 Å². The number of likely N-dealkylation sites (tertiary alicyclic amines) is 1. The average Bonchev–Trinajstić information content (AvgIpc) is 3.42. The number of nitrogens with zero attached hydrogens (tertiary/aromatic N) is 5. The van der Waals surface area contributed by atoms with E-state index < -0.39 is 0 Å². The highest BCUT2D eigenvalue weighted by molar-refractivity contribution is 5.98. The Hall–Kier alpha value is -4.28. The molecule has 1 amide bonds. The van der Waals surface area contributed by atoms with Crippen molar-refractivity contribution in [1.82, 2.24) is 30.0 Å². The van der Waals surface area contributed by atoms with E-state index in [4.69, 9.17) is 20.3 Å². The molecule has 212 valence electrons. The molecule has 10 heteroatoms. The van der Waals surface area contributed by atoms with Crippen LogP contribution in [0.4, 0.5) is 5.82 Å². The first-order chi connectivity index (χ1) is 20.2. The lowest BCUT2D eigenvalue weighted by molar-refractivity contribution is -0.127. The molecule has 3 N–H and O–H groups in total. The Morgan fingerprint density at radius 3 is 2.63 bits per heavy atom. The van der Waals surface area contributed by atoms with Gasteiger partial charge in [-0.1, -0.05) is 24.3 Å². The van der Waals surface area contributed by atoms with Gasteiger partial charge in [-0.3, -0.25) is 4.79 Å². The van der Waals surface area contributed by atoms with Gasteiger partial charge >= 0.3 is 0 Å². The van der Waals surface area contributed by atoms with Crippen LogP contribution in [0.3, 0.4) is 0 Å². The minimum Gasteiger partial charge on any atom is -0.457 e. The first-order valence-corrected chi connectivity index (χ1v) is 14.2. The quantitative estimate of drug-likeness (QED) is 0.309. The molecule has 2 aliphatic heterocycles. The highest BCUT2D eigenvalue weighted by atomic mass is 16.5. The Morgan fingerprint density at radius 1 is 1.05 bits per heavy atom. The van der Waals surface area contributed by atoms with Crippen LogP contribution in [-0.2, 0) is 9.53 Å². The predicted octanol–water partition coefficient (Wildman–Crippen LogP) is 4.36. The smallest absolute Gasteiger partial charge is 0.246 e. The number of aromatic nitrogens is 4. The molecule has 0 unspecified atom stereocenters. The molecular weight excluding hydrogens is 518 g/mol. The second kappa shape index (κ2) is 12.5. The topological polar surface area (TPSA) is 120 Å². The number of nitrogen functional groups attached to an aromatic ring is 1. The van der Waals surface area contributed by atoms with Gasteiger partial charge in [0.25, 0.3) is 0 Å². The standard InChI is InChI=1S/C31H35N7O3/c32-30-28-29(22-10-12-26(13-11-22)41-25-7-2-1-3-8-25)36-38(31(28)35-21-34-30)24-6-5-17-37(20-24)27(39)9-4-16-33-23-14-18-40-19-15-23/h1-4,7-13,21,23-24,33H,5-6,14-20H2,(H2,32,34,35)/b9-4+/t24-/m1/s1. The van der Waals surface area contributed by atoms with E-state index in [-0.39, 0.29) is 11.9 Å². The van der Waals surface area contributed by atoms with Crippen LogP contribution in [0.25, 0.3) is 22.3 Å².